The number of hydrogen-bond acceptors (Lipinski definition) is 6. The topological polar surface area (TPSA) is 84.8 Å². The number of benzene rings is 1. The number of thiol groups is 1. The zero-order chi connectivity index (χ0) is 14.7. The molecular weight excluding hydrogens is 272 g/mol. The number of anilines is 1. The Morgan fingerprint density at radius 1 is 1.30 bits per heavy atom. The van der Waals surface area contributed by atoms with Crippen molar-refractivity contribution in [2.75, 3.05) is 12.8 Å². The van der Waals surface area contributed by atoms with Crippen molar-refractivity contribution in [1.82, 2.24) is 9.97 Å². The molecule has 0 bridgehead atoms. The van der Waals surface area contributed by atoms with E-state index in [1.54, 1.807) is 19.2 Å². The SMILES string of the molecule is COc1ccc(-c2nc(C(C)S)nc(N)c2C#N)cc1. The number of ether oxygens (including phenoxy) is 1. The summed E-state index contributed by atoms with van der Waals surface area (Å²) in [7, 11) is 1.60. The molecule has 0 aliphatic rings. The van der Waals surface area contributed by atoms with Gasteiger partial charge in [0.25, 0.3) is 0 Å². The summed E-state index contributed by atoms with van der Waals surface area (Å²) in [6, 6.07) is 9.31. The summed E-state index contributed by atoms with van der Waals surface area (Å²) in [6.45, 7) is 1.85. The Bertz CT molecular complexity index is 662. The molecule has 0 saturated carbocycles. The van der Waals surface area contributed by atoms with E-state index < -0.39 is 0 Å². The van der Waals surface area contributed by atoms with Crippen molar-refractivity contribution >= 4 is 18.4 Å². The first-order chi connectivity index (χ1) is 9.56. The van der Waals surface area contributed by atoms with Gasteiger partial charge in [-0.3, -0.25) is 0 Å². The van der Waals surface area contributed by atoms with Crippen LogP contribution in [0.5, 0.6) is 5.75 Å². The maximum atomic E-state index is 9.24. The average molecular weight is 286 g/mol. The lowest BCUT2D eigenvalue weighted by Gasteiger charge is -2.10. The first kappa shape index (κ1) is 14.2. The van der Waals surface area contributed by atoms with E-state index in [4.69, 9.17) is 10.5 Å². The van der Waals surface area contributed by atoms with Crippen molar-refractivity contribution in [3.05, 3.63) is 35.7 Å². The Labute approximate surface area is 122 Å². The summed E-state index contributed by atoms with van der Waals surface area (Å²) in [4.78, 5) is 8.51. The lowest BCUT2D eigenvalue weighted by molar-refractivity contribution is 0.415. The third-order valence-electron chi connectivity index (χ3n) is 2.80. The molecular formula is C14H14N4OS. The van der Waals surface area contributed by atoms with Gasteiger partial charge in [0.15, 0.2) is 0 Å². The number of nitriles is 1. The number of aromatic nitrogens is 2. The molecule has 0 spiro atoms. The summed E-state index contributed by atoms with van der Waals surface area (Å²) in [5.41, 5.74) is 7.40. The number of hydrogen-bond donors (Lipinski definition) is 2. The number of rotatable bonds is 3. The van der Waals surface area contributed by atoms with Crippen molar-refractivity contribution in [3.63, 3.8) is 0 Å². The summed E-state index contributed by atoms with van der Waals surface area (Å²) in [5, 5.41) is 9.07. The lowest BCUT2D eigenvalue weighted by atomic mass is 10.1. The lowest BCUT2D eigenvalue weighted by Crippen LogP contribution is -2.06. The van der Waals surface area contributed by atoms with E-state index in [2.05, 4.69) is 28.7 Å². The Hall–Kier alpha value is -2.26. The molecule has 2 rings (SSSR count). The predicted octanol–water partition coefficient (Wildman–Crippen LogP) is 2.60. The molecule has 1 unspecified atom stereocenters. The molecule has 0 radical (unpaired) electrons. The minimum Gasteiger partial charge on any atom is -0.497 e. The summed E-state index contributed by atoms with van der Waals surface area (Å²) in [5.74, 6) is 1.40. The fourth-order valence-corrected chi connectivity index (χ4v) is 1.87. The second-order valence-electron chi connectivity index (χ2n) is 4.21. The van der Waals surface area contributed by atoms with Crippen LogP contribution in [-0.2, 0) is 0 Å². The van der Waals surface area contributed by atoms with Crippen LogP contribution in [0.15, 0.2) is 24.3 Å². The molecule has 0 amide bonds. The van der Waals surface area contributed by atoms with Gasteiger partial charge in [0.1, 0.15) is 29.0 Å². The second kappa shape index (κ2) is 5.80. The molecule has 6 heteroatoms. The van der Waals surface area contributed by atoms with Gasteiger partial charge in [-0.25, -0.2) is 9.97 Å². The molecule has 2 N–H and O–H groups in total. The van der Waals surface area contributed by atoms with E-state index in [1.807, 2.05) is 19.1 Å². The van der Waals surface area contributed by atoms with Crippen LogP contribution in [-0.4, -0.2) is 17.1 Å². The van der Waals surface area contributed by atoms with E-state index >= 15 is 0 Å². The van der Waals surface area contributed by atoms with E-state index in [-0.39, 0.29) is 16.6 Å². The number of nitrogens with two attached hydrogens (primary N) is 1. The van der Waals surface area contributed by atoms with Gasteiger partial charge in [0, 0.05) is 5.56 Å². The smallest absolute Gasteiger partial charge is 0.145 e. The molecule has 1 aromatic heterocycles. The molecule has 0 aliphatic heterocycles. The van der Waals surface area contributed by atoms with Gasteiger partial charge in [-0.05, 0) is 31.2 Å². The minimum absolute atomic E-state index is 0.165. The monoisotopic (exact) mass is 286 g/mol. The average Bonchev–Trinajstić information content (AvgIpc) is 2.46. The summed E-state index contributed by atoms with van der Waals surface area (Å²) < 4.78 is 5.11. The fourth-order valence-electron chi connectivity index (χ4n) is 1.75. The molecule has 0 saturated heterocycles. The highest BCUT2D eigenvalue weighted by Gasteiger charge is 2.16. The molecule has 102 valence electrons. The molecule has 1 aromatic carbocycles. The zero-order valence-corrected chi connectivity index (χ0v) is 12.1. The summed E-state index contributed by atoms with van der Waals surface area (Å²) in [6.07, 6.45) is 0. The van der Waals surface area contributed by atoms with E-state index in [1.165, 1.54) is 0 Å². The molecule has 2 aromatic rings. The second-order valence-corrected chi connectivity index (χ2v) is 4.98. The Kier molecular flexibility index (Phi) is 4.11. The predicted molar refractivity (Wildman–Crippen MR) is 80.5 cm³/mol. The normalized spacial score (nSPS) is 11.7. The maximum Gasteiger partial charge on any atom is 0.145 e. The molecule has 0 aliphatic carbocycles. The number of methoxy groups -OCH3 is 1. The van der Waals surface area contributed by atoms with Crippen LogP contribution in [0.1, 0.15) is 23.6 Å². The van der Waals surface area contributed by atoms with Crippen molar-refractivity contribution in [2.24, 2.45) is 0 Å². The molecule has 1 atom stereocenters. The first-order valence-electron chi connectivity index (χ1n) is 5.96. The molecule has 5 nitrogen and oxygen atoms in total. The Balaban J connectivity index is 2.61. The largest absolute Gasteiger partial charge is 0.497 e. The van der Waals surface area contributed by atoms with Gasteiger partial charge in [-0.2, -0.15) is 17.9 Å². The van der Waals surface area contributed by atoms with Crippen LogP contribution in [0.4, 0.5) is 5.82 Å². The van der Waals surface area contributed by atoms with Crippen LogP contribution in [0.2, 0.25) is 0 Å². The zero-order valence-electron chi connectivity index (χ0n) is 11.2. The van der Waals surface area contributed by atoms with Crippen LogP contribution in [0.25, 0.3) is 11.3 Å². The highest BCUT2D eigenvalue weighted by molar-refractivity contribution is 7.80. The molecule has 1 heterocycles. The number of nitrogen functional groups attached to an aromatic ring is 1. The van der Waals surface area contributed by atoms with Crippen molar-refractivity contribution in [3.8, 4) is 23.1 Å². The van der Waals surface area contributed by atoms with Crippen molar-refractivity contribution < 1.29 is 4.74 Å². The van der Waals surface area contributed by atoms with Gasteiger partial charge in [-0.1, -0.05) is 0 Å². The first-order valence-corrected chi connectivity index (χ1v) is 6.48. The van der Waals surface area contributed by atoms with Gasteiger partial charge >= 0.3 is 0 Å². The van der Waals surface area contributed by atoms with Gasteiger partial charge in [-0.15, -0.1) is 0 Å². The third kappa shape index (κ3) is 2.68. The van der Waals surface area contributed by atoms with Crippen molar-refractivity contribution in [2.45, 2.75) is 12.2 Å². The van der Waals surface area contributed by atoms with E-state index in [9.17, 15) is 5.26 Å². The Morgan fingerprint density at radius 3 is 2.45 bits per heavy atom. The van der Waals surface area contributed by atoms with Gasteiger partial charge < -0.3 is 10.5 Å². The standard InChI is InChI=1S/C14H14N4OS/c1-8(20)14-17-12(11(7-15)13(16)18-14)9-3-5-10(19-2)6-4-9/h3-6,8,20H,1-2H3,(H2,16,17,18). The Morgan fingerprint density at radius 2 is 1.95 bits per heavy atom. The number of nitrogens with zero attached hydrogens (tertiary/aromatic N) is 3. The molecule has 20 heavy (non-hydrogen) atoms. The molecule has 0 fully saturated rings. The van der Waals surface area contributed by atoms with Crippen LogP contribution in [0, 0.1) is 11.3 Å². The highest BCUT2D eigenvalue weighted by Crippen LogP contribution is 2.28. The summed E-state index contributed by atoms with van der Waals surface area (Å²) >= 11 is 4.31. The van der Waals surface area contributed by atoms with Crippen molar-refractivity contribution in [1.29, 1.82) is 5.26 Å². The highest BCUT2D eigenvalue weighted by atomic mass is 32.1. The maximum absolute atomic E-state index is 9.24. The van der Waals surface area contributed by atoms with Gasteiger partial charge in [0.2, 0.25) is 0 Å². The van der Waals surface area contributed by atoms with Crippen LogP contribution < -0.4 is 10.5 Å². The third-order valence-corrected chi connectivity index (χ3v) is 3.03. The van der Waals surface area contributed by atoms with Crippen LogP contribution >= 0.6 is 12.6 Å². The fraction of sp³-hybridized carbons (Fsp3) is 0.214. The van der Waals surface area contributed by atoms with E-state index in [0.717, 1.165) is 11.3 Å². The van der Waals surface area contributed by atoms with E-state index in [0.29, 0.717) is 11.5 Å². The van der Waals surface area contributed by atoms with Crippen LogP contribution in [0.3, 0.4) is 0 Å². The minimum atomic E-state index is -0.165. The quantitative estimate of drug-likeness (QED) is 0.847. The van der Waals surface area contributed by atoms with Gasteiger partial charge in [0.05, 0.1) is 18.1 Å².